The summed E-state index contributed by atoms with van der Waals surface area (Å²) in [6.45, 7) is 0. The Kier molecular flexibility index (Phi) is 4.61. The highest BCUT2D eigenvalue weighted by Crippen LogP contribution is 2.40. The molecule has 2 aromatic heterocycles. The molecule has 3 rings (SSSR count). The Morgan fingerprint density at radius 2 is 2.05 bits per heavy atom. The largest absolute Gasteiger partial charge is 0.372 e. The molecule has 0 bridgehead atoms. The summed E-state index contributed by atoms with van der Waals surface area (Å²) in [5, 5.41) is 13.9. The van der Waals surface area contributed by atoms with Crippen molar-refractivity contribution in [2.45, 2.75) is 4.21 Å². The average molecular weight is 346 g/mol. The van der Waals surface area contributed by atoms with Crippen molar-refractivity contribution < 1.29 is 0 Å². The second kappa shape index (κ2) is 6.64. The molecule has 22 heavy (non-hydrogen) atoms. The van der Waals surface area contributed by atoms with Crippen molar-refractivity contribution in [3.63, 3.8) is 0 Å². The van der Waals surface area contributed by atoms with Gasteiger partial charge in [0.05, 0.1) is 14.8 Å². The smallest absolute Gasteiger partial charge is 0.135 e. The van der Waals surface area contributed by atoms with Crippen molar-refractivity contribution in [2.75, 3.05) is 13.3 Å². The van der Waals surface area contributed by atoms with Gasteiger partial charge in [-0.2, -0.15) is 0 Å². The summed E-state index contributed by atoms with van der Waals surface area (Å²) in [6, 6.07) is 12.3. The van der Waals surface area contributed by atoms with Crippen molar-refractivity contribution >= 4 is 40.3 Å². The molecule has 3 aromatic rings. The lowest BCUT2D eigenvalue weighted by atomic mass is 10.2. The Balaban J connectivity index is 2.00. The number of rotatable bonds is 4. The van der Waals surface area contributed by atoms with E-state index in [1.807, 2.05) is 18.2 Å². The number of thiophene rings is 1. The first-order valence-electron chi connectivity index (χ1n) is 6.68. The Morgan fingerprint density at radius 3 is 2.73 bits per heavy atom. The van der Waals surface area contributed by atoms with Gasteiger partial charge in [0.2, 0.25) is 0 Å². The minimum absolute atomic E-state index is 0.450. The molecule has 0 radical (unpaired) electrons. The second-order valence-electron chi connectivity index (χ2n) is 4.54. The van der Waals surface area contributed by atoms with Crippen LogP contribution in [-0.2, 0) is 0 Å². The minimum Gasteiger partial charge on any atom is -0.372 e. The first-order valence-corrected chi connectivity index (χ1v) is 9.61. The van der Waals surface area contributed by atoms with Gasteiger partial charge in [-0.05, 0) is 12.3 Å². The summed E-state index contributed by atoms with van der Waals surface area (Å²) in [6.07, 6.45) is 2.06. The van der Waals surface area contributed by atoms with Crippen LogP contribution in [0.1, 0.15) is 4.88 Å². The molecule has 0 saturated heterocycles. The molecule has 0 fully saturated rings. The maximum Gasteiger partial charge on any atom is 0.135 e. The third-order valence-electron chi connectivity index (χ3n) is 3.18. The third kappa shape index (κ3) is 2.95. The molecule has 112 valence electrons. The summed E-state index contributed by atoms with van der Waals surface area (Å²) in [5.74, 6) is 0.450. The monoisotopic (exact) mass is 345 g/mol. The number of hydrogen-bond acceptors (Lipinski definition) is 5. The van der Waals surface area contributed by atoms with Gasteiger partial charge in [-0.25, -0.2) is 4.98 Å². The number of hydrogen-bond donors (Lipinski definition) is 2. The number of aromatic nitrogens is 1. The highest BCUT2D eigenvalue weighted by molar-refractivity contribution is 8.00. The van der Waals surface area contributed by atoms with E-state index in [1.165, 1.54) is 4.21 Å². The van der Waals surface area contributed by atoms with Crippen LogP contribution >= 0.6 is 34.4 Å². The molecule has 0 aliphatic rings. The van der Waals surface area contributed by atoms with Crippen LogP contribution in [0.25, 0.3) is 21.8 Å². The number of benzene rings is 1. The van der Waals surface area contributed by atoms with Gasteiger partial charge in [0, 0.05) is 23.6 Å². The van der Waals surface area contributed by atoms with E-state index in [-0.39, 0.29) is 0 Å². The van der Waals surface area contributed by atoms with E-state index in [9.17, 15) is 0 Å². The minimum atomic E-state index is 0.450. The second-order valence-corrected chi connectivity index (χ2v) is 7.53. The van der Waals surface area contributed by atoms with E-state index >= 15 is 0 Å². The van der Waals surface area contributed by atoms with Crippen LogP contribution in [0.3, 0.4) is 0 Å². The molecule has 0 spiro atoms. The van der Waals surface area contributed by atoms with Crippen LogP contribution < -0.4 is 5.32 Å². The highest BCUT2D eigenvalue weighted by Gasteiger charge is 2.16. The molecular weight excluding hydrogens is 330 g/mol. The van der Waals surface area contributed by atoms with Crippen molar-refractivity contribution in [1.29, 1.82) is 5.41 Å². The van der Waals surface area contributed by atoms with Crippen molar-refractivity contribution in [3.05, 3.63) is 46.7 Å². The van der Waals surface area contributed by atoms with Crippen LogP contribution in [0.4, 0.5) is 0 Å². The molecule has 0 aliphatic heterocycles. The molecule has 2 heterocycles. The topological polar surface area (TPSA) is 48.8 Å². The fourth-order valence-corrected chi connectivity index (χ4v) is 4.86. The summed E-state index contributed by atoms with van der Waals surface area (Å²) in [7, 11) is 1.78. The van der Waals surface area contributed by atoms with E-state index in [4.69, 9.17) is 10.4 Å². The normalized spacial score (nSPS) is 10.6. The number of thiazole rings is 1. The molecule has 0 saturated carbocycles. The van der Waals surface area contributed by atoms with Crippen LogP contribution in [-0.4, -0.2) is 24.1 Å². The van der Waals surface area contributed by atoms with E-state index in [2.05, 4.69) is 35.2 Å². The fourth-order valence-electron chi connectivity index (χ4n) is 2.06. The summed E-state index contributed by atoms with van der Waals surface area (Å²) in [4.78, 5) is 5.72. The first-order chi connectivity index (χ1) is 10.7. The molecule has 2 N–H and O–H groups in total. The van der Waals surface area contributed by atoms with Gasteiger partial charge in [-0.15, -0.1) is 34.4 Å². The van der Waals surface area contributed by atoms with Gasteiger partial charge >= 0.3 is 0 Å². The molecule has 0 unspecified atom stereocenters. The fraction of sp³-hybridized carbons (Fsp3) is 0.125. The van der Waals surface area contributed by atoms with Crippen molar-refractivity contribution in [2.24, 2.45) is 0 Å². The predicted octanol–water partition coefficient (Wildman–Crippen LogP) is 4.81. The summed E-state index contributed by atoms with van der Waals surface area (Å²) >= 11 is 4.99. The maximum absolute atomic E-state index is 7.94. The molecule has 0 amide bonds. The van der Waals surface area contributed by atoms with Crippen LogP contribution in [0.2, 0.25) is 0 Å². The standard InChI is InChI=1S/C16H15N3S3/c1-18-14(17)13-8-11(16(20-2)22-13)15-19-12(9-21-15)10-6-4-3-5-7-10/h3-9H,1-2H3,(H2,17,18). The molecule has 0 atom stereocenters. The zero-order chi connectivity index (χ0) is 15.5. The van der Waals surface area contributed by atoms with Crippen LogP contribution in [0.5, 0.6) is 0 Å². The van der Waals surface area contributed by atoms with E-state index in [1.54, 1.807) is 41.5 Å². The number of thioether (sulfide) groups is 1. The predicted molar refractivity (Wildman–Crippen MR) is 98.5 cm³/mol. The van der Waals surface area contributed by atoms with Crippen LogP contribution in [0.15, 0.2) is 46.0 Å². The highest BCUT2D eigenvalue weighted by atomic mass is 32.2. The van der Waals surface area contributed by atoms with E-state index < -0.39 is 0 Å². The van der Waals surface area contributed by atoms with Crippen molar-refractivity contribution in [1.82, 2.24) is 10.3 Å². The Bertz CT molecular complexity index is 790. The SMILES string of the molecule is CNC(=N)c1cc(-c2nc(-c3ccccc3)cs2)c(SC)s1. The summed E-state index contributed by atoms with van der Waals surface area (Å²) < 4.78 is 1.20. The lowest BCUT2D eigenvalue weighted by Gasteiger charge is -1.96. The average Bonchev–Trinajstić information content (AvgIpc) is 3.21. The maximum atomic E-state index is 7.94. The van der Waals surface area contributed by atoms with Gasteiger partial charge in [0.15, 0.2) is 0 Å². The lowest BCUT2D eigenvalue weighted by molar-refractivity contribution is 1.15. The van der Waals surface area contributed by atoms with Gasteiger partial charge in [0.25, 0.3) is 0 Å². The summed E-state index contributed by atoms with van der Waals surface area (Å²) in [5.41, 5.74) is 3.26. The first kappa shape index (κ1) is 15.3. The quantitative estimate of drug-likeness (QED) is 0.405. The van der Waals surface area contributed by atoms with E-state index in [0.717, 1.165) is 26.7 Å². The molecule has 6 heteroatoms. The third-order valence-corrected chi connectivity index (χ3v) is 6.35. The molecule has 3 nitrogen and oxygen atoms in total. The molecular formula is C16H15N3S3. The zero-order valence-corrected chi connectivity index (χ0v) is 14.7. The number of nitrogens with one attached hydrogen (secondary N) is 2. The van der Waals surface area contributed by atoms with Gasteiger partial charge in [0.1, 0.15) is 10.8 Å². The van der Waals surface area contributed by atoms with Gasteiger partial charge < -0.3 is 5.32 Å². The van der Waals surface area contributed by atoms with E-state index in [0.29, 0.717) is 5.84 Å². The van der Waals surface area contributed by atoms with Crippen molar-refractivity contribution in [3.8, 4) is 21.8 Å². The number of amidine groups is 1. The zero-order valence-electron chi connectivity index (χ0n) is 12.2. The number of nitrogens with zero attached hydrogens (tertiary/aromatic N) is 1. The Labute approximate surface area is 141 Å². The van der Waals surface area contributed by atoms with Gasteiger partial charge in [-0.3, -0.25) is 5.41 Å². The van der Waals surface area contributed by atoms with Gasteiger partial charge in [-0.1, -0.05) is 30.3 Å². The Morgan fingerprint density at radius 1 is 1.27 bits per heavy atom. The molecule has 1 aromatic carbocycles. The lowest BCUT2D eigenvalue weighted by Crippen LogP contribution is -2.16. The molecule has 0 aliphatic carbocycles. The van der Waals surface area contributed by atoms with Crippen LogP contribution in [0, 0.1) is 5.41 Å². The Hall–Kier alpha value is -1.63.